The molecule has 2 aliphatic heterocycles. The molecule has 0 unspecified atom stereocenters. The first-order valence-electron chi connectivity index (χ1n) is 11.4. The van der Waals surface area contributed by atoms with Gasteiger partial charge in [-0.3, -0.25) is 9.59 Å². The minimum Gasteiger partial charge on any atom is -0.308 e. The molecule has 0 spiro atoms. The number of hydrogen-bond acceptors (Lipinski definition) is 4. The van der Waals surface area contributed by atoms with Crippen LogP contribution in [0.5, 0.6) is 0 Å². The fourth-order valence-corrected chi connectivity index (χ4v) is 6.11. The van der Waals surface area contributed by atoms with Crippen LogP contribution in [0.1, 0.15) is 20.7 Å². The number of hydrogen-bond donors (Lipinski definition) is 0. The summed E-state index contributed by atoms with van der Waals surface area (Å²) >= 11 is 1.75. The Balaban J connectivity index is 1.48. The number of carbonyl (C=O) groups is 2. The van der Waals surface area contributed by atoms with Crippen molar-refractivity contribution in [1.29, 1.82) is 0 Å². The van der Waals surface area contributed by atoms with Gasteiger partial charge in [0.15, 0.2) is 0 Å². The molecule has 166 valence electrons. The molecule has 0 saturated heterocycles. The van der Waals surface area contributed by atoms with Crippen LogP contribution in [0.2, 0.25) is 0 Å². The molecule has 0 aromatic heterocycles. The second-order valence-corrected chi connectivity index (χ2v) is 9.60. The number of rotatable bonds is 2. The van der Waals surface area contributed by atoms with Gasteiger partial charge in [0.25, 0.3) is 11.8 Å². The van der Waals surface area contributed by atoms with Crippen molar-refractivity contribution in [3.05, 3.63) is 120 Å². The molecule has 2 aliphatic rings. The maximum absolute atomic E-state index is 13.6. The van der Waals surface area contributed by atoms with Crippen molar-refractivity contribution in [2.45, 2.75) is 9.79 Å². The Morgan fingerprint density at radius 1 is 0.486 bits per heavy atom. The normalized spacial score (nSPS) is 14.2. The van der Waals surface area contributed by atoms with E-state index in [1.807, 2.05) is 72.8 Å². The summed E-state index contributed by atoms with van der Waals surface area (Å²) in [5.74, 6) is -0.599. The molecular weight excluding hydrogens is 452 g/mol. The molecule has 0 atom stereocenters. The minimum absolute atomic E-state index is 0.300. The molecule has 2 amide bonds. The van der Waals surface area contributed by atoms with Gasteiger partial charge in [-0.1, -0.05) is 66.4 Å². The van der Waals surface area contributed by atoms with Gasteiger partial charge in [-0.05, 0) is 54.6 Å². The van der Waals surface area contributed by atoms with E-state index < -0.39 is 0 Å². The Labute approximate surface area is 206 Å². The monoisotopic (exact) mass is 470 g/mol. The zero-order chi connectivity index (χ0) is 23.5. The summed E-state index contributed by atoms with van der Waals surface area (Å²) in [6.45, 7) is 0. The van der Waals surface area contributed by atoms with Crippen LogP contribution in [0, 0.1) is 0 Å². The van der Waals surface area contributed by atoms with Crippen molar-refractivity contribution >= 4 is 57.1 Å². The van der Waals surface area contributed by atoms with E-state index in [4.69, 9.17) is 0 Å². The van der Waals surface area contributed by atoms with Crippen LogP contribution in [-0.4, -0.2) is 11.8 Å². The summed E-state index contributed by atoms with van der Waals surface area (Å²) in [6, 6.07) is 35.3. The van der Waals surface area contributed by atoms with Gasteiger partial charge in [0.05, 0.1) is 22.7 Å². The molecule has 5 heteroatoms. The number of amides is 2. The Morgan fingerprint density at radius 2 is 1.09 bits per heavy atom. The van der Waals surface area contributed by atoms with E-state index in [1.54, 1.807) is 23.9 Å². The first kappa shape index (κ1) is 20.1. The molecule has 4 nitrogen and oxygen atoms in total. The fourth-order valence-electron chi connectivity index (χ4n) is 5.05. The zero-order valence-corrected chi connectivity index (χ0v) is 19.3. The lowest BCUT2D eigenvalue weighted by molar-refractivity contribution is 0.0893. The van der Waals surface area contributed by atoms with Gasteiger partial charge in [-0.15, -0.1) is 0 Å². The largest absolute Gasteiger partial charge is 0.308 e. The lowest BCUT2D eigenvalue weighted by Crippen LogP contribution is -2.40. The minimum atomic E-state index is -0.300. The molecule has 0 fully saturated rings. The fraction of sp³-hybridized carbons (Fsp3) is 0. The third-order valence-electron chi connectivity index (χ3n) is 6.57. The first-order chi connectivity index (χ1) is 17.2. The van der Waals surface area contributed by atoms with E-state index in [0.29, 0.717) is 22.2 Å². The van der Waals surface area contributed by atoms with Crippen molar-refractivity contribution in [1.82, 2.24) is 0 Å². The average molecular weight is 471 g/mol. The molecule has 35 heavy (non-hydrogen) atoms. The molecule has 0 saturated carbocycles. The third kappa shape index (κ3) is 2.88. The zero-order valence-electron chi connectivity index (χ0n) is 18.5. The molecule has 0 N–H and O–H groups in total. The topological polar surface area (TPSA) is 40.6 Å². The number of para-hydroxylation sites is 3. The standard InChI is InChI=1S/C30H18N2O2S/c33-29-21-12-8-11-20-23(18-17-22(28(20)21)30(34)31(29)19-9-2-1-3-10-19)32-24-13-4-6-15-26(24)35-27-16-7-5-14-25(27)32/h1-18H. The maximum Gasteiger partial charge on any atom is 0.265 e. The van der Waals surface area contributed by atoms with Crippen LogP contribution in [0.15, 0.2) is 119 Å². The molecule has 7 rings (SSSR count). The third-order valence-corrected chi connectivity index (χ3v) is 7.70. The van der Waals surface area contributed by atoms with Crippen LogP contribution in [0.3, 0.4) is 0 Å². The second kappa shape index (κ2) is 7.58. The van der Waals surface area contributed by atoms with Gasteiger partial charge >= 0.3 is 0 Å². The van der Waals surface area contributed by atoms with E-state index in [1.165, 1.54) is 4.90 Å². The van der Waals surface area contributed by atoms with E-state index in [2.05, 4.69) is 29.2 Å². The molecule has 0 bridgehead atoms. The quantitative estimate of drug-likeness (QED) is 0.245. The van der Waals surface area contributed by atoms with Crippen LogP contribution < -0.4 is 9.80 Å². The van der Waals surface area contributed by atoms with Gasteiger partial charge in [0.2, 0.25) is 0 Å². The van der Waals surface area contributed by atoms with E-state index in [9.17, 15) is 9.59 Å². The Hall–Kier alpha value is -4.35. The molecule has 5 aromatic carbocycles. The van der Waals surface area contributed by atoms with Crippen LogP contribution in [0.4, 0.5) is 22.7 Å². The molecule has 5 aromatic rings. The van der Waals surface area contributed by atoms with Crippen molar-refractivity contribution in [2.75, 3.05) is 9.80 Å². The number of imide groups is 1. The highest BCUT2D eigenvalue weighted by Crippen LogP contribution is 2.52. The number of carbonyl (C=O) groups excluding carboxylic acids is 2. The molecule has 0 radical (unpaired) electrons. The van der Waals surface area contributed by atoms with Gasteiger partial charge in [0, 0.05) is 31.7 Å². The summed E-state index contributed by atoms with van der Waals surface area (Å²) < 4.78 is 0. The lowest BCUT2D eigenvalue weighted by atomic mass is 9.92. The summed E-state index contributed by atoms with van der Waals surface area (Å²) in [5, 5.41) is 1.59. The van der Waals surface area contributed by atoms with Gasteiger partial charge in [-0.2, -0.15) is 0 Å². The highest BCUT2D eigenvalue weighted by atomic mass is 32.2. The number of fused-ring (bicyclic) bond motifs is 2. The molecule has 0 aliphatic carbocycles. The van der Waals surface area contributed by atoms with Crippen LogP contribution >= 0.6 is 11.8 Å². The summed E-state index contributed by atoms with van der Waals surface area (Å²) in [6.07, 6.45) is 0. The van der Waals surface area contributed by atoms with Gasteiger partial charge in [-0.25, -0.2) is 4.90 Å². The van der Waals surface area contributed by atoms with E-state index in [-0.39, 0.29) is 11.8 Å². The smallest absolute Gasteiger partial charge is 0.265 e. The Bertz CT molecular complexity index is 1610. The van der Waals surface area contributed by atoms with Crippen LogP contribution in [-0.2, 0) is 0 Å². The second-order valence-electron chi connectivity index (χ2n) is 8.51. The summed E-state index contributed by atoms with van der Waals surface area (Å²) in [7, 11) is 0. The van der Waals surface area contributed by atoms with Crippen LogP contribution in [0.25, 0.3) is 10.8 Å². The highest BCUT2D eigenvalue weighted by molar-refractivity contribution is 7.99. The van der Waals surface area contributed by atoms with E-state index in [0.717, 1.165) is 32.2 Å². The van der Waals surface area contributed by atoms with Crippen molar-refractivity contribution in [3.63, 3.8) is 0 Å². The molecular formula is C30H18N2O2S. The first-order valence-corrected chi connectivity index (χ1v) is 12.2. The number of benzene rings is 5. The summed E-state index contributed by atoms with van der Waals surface area (Å²) in [5.41, 5.74) is 4.75. The van der Waals surface area contributed by atoms with Gasteiger partial charge in [0.1, 0.15) is 0 Å². The van der Waals surface area contributed by atoms with Crippen molar-refractivity contribution in [3.8, 4) is 0 Å². The number of anilines is 4. The Kier molecular flexibility index (Phi) is 4.35. The predicted molar refractivity (Wildman–Crippen MR) is 140 cm³/mol. The van der Waals surface area contributed by atoms with E-state index >= 15 is 0 Å². The predicted octanol–water partition coefficient (Wildman–Crippen LogP) is 7.57. The van der Waals surface area contributed by atoms with Gasteiger partial charge < -0.3 is 4.90 Å². The number of nitrogens with zero attached hydrogens (tertiary/aromatic N) is 2. The van der Waals surface area contributed by atoms with Crippen molar-refractivity contribution in [2.24, 2.45) is 0 Å². The average Bonchev–Trinajstić information content (AvgIpc) is 2.91. The maximum atomic E-state index is 13.6. The Morgan fingerprint density at radius 3 is 1.77 bits per heavy atom. The highest BCUT2D eigenvalue weighted by Gasteiger charge is 2.35. The van der Waals surface area contributed by atoms with Crippen molar-refractivity contribution < 1.29 is 9.59 Å². The lowest BCUT2D eigenvalue weighted by Gasteiger charge is -2.34. The molecule has 2 heterocycles. The summed E-state index contributed by atoms with van der Waals surface area (Å²) in [4.78, 5) is 33.0. The SMILES string of the molecule is O=C1c2cccc3c(N4c5ccccc5Sc5ccccc54)ccc(c23)C(=O)N1c1ccccc1.